The van der Waals surface area contributed by atoms with Crippen LogP contribution in [0.15, 0.2) is 21.7 Å². The average molecular weight is 209 g/mol. The SMILES string of the molecule is C/C=C/Cc1c(N)c(=O)n(C)c(=O)n1C. The summed E-state index contributed by atoms with van der Waals surface area (Å²) >= 11 is 0. The third-order valence-electron chi connectivity index (χ3n) is 2.37. The van der Waals surface area contributed by atoms with Crippen LogP contribution in [0.25, 0.3) is 0 Å². The van der Waals surface area contributed by atoms with Gasteiger partial charge in [-0.3, -0.25) is 13.9 Å². The second-order valence-electron chi connectivity index (χ2n) is 3.34. The van der Waals surface area contributed by atoms with Crippen LogP contribution in [0.1, 0.15) is 12.6 Å². The van der Waals surface area contributed by atoms with Gasteiger partial charge in [-0.05, 0) is 6.92 Å². The zero-order chi connectivity index (χ0) is 11.6. The van der Waals surface area contributed by atoms with E-state index in [0.717, 1.165) is 4.57 Å². The number of nitrogens with zero attached hydrogens (tertiary/aromatic N) is 2. The molecule has 82 valence electrons. The maximum absolute atomic E-state index is 11.6. The van der Waals surface area contributed by atoms with E-state index in [4.69, 9.17) is 5.73 Å². The molecule has 0 atom stereocenters. The lowest BCUT2D eigenvalue weighted by Gasteiger charge is -2.10. The lowest BCUT2D eigenvalue weighted by molar-refractivity contribution is 0.664. The summed E-state index contributed by atoms with van der Waals surface area (Å²) in [4.78, 5) is 23.1. The molecule has 0 aliphatic carbocycles. The van der Waals surface area contributed by atoms with Crippen molar-refractivity contribution < 1.29 is 0 Å². The lowest BCUT2D eigenvalue weighted by Crippen LogP contribution is -2.40. The van der Waals surface area contributed by atoms with Crippen molar-refractivity contribution in [3.05, 3.63) is 38.7 Å². The molecule has 0 saturated heterocycles. The summed E-state index contributed by atoms with van der Waals surface area (Å²) in [5.74, 6) is 0. The maximum atomic E-state index is 11.6. The highest BCUT2D eigenvalue weighted by Gasteiger charge is 2.10. The van der Waals surface area contributed by atoms with Crippen LogP contribution in [-0.4, -0.2) is 9.13 Å². The molecule has 0 amide bonds. The molecule has 0 unspecified atom stereocenters. The largest absolute Gasteiger partial charge is 0.393 e. The number of allylic oxidation sites excluding steroid dienone is 2. The molecule has 0 spiro atoms. The molecule has 0 bridgehead atoms. The first-order valence-electron chi connectivity index (χ1n) is 4.66. The van der Waals surface area contributed by atoms with E-state index in [-0.39, 0.29) is 11.4 Å². The first-order chi connectivity index (χ1) is 7.00. The van der Waals surface area contributed by atoms with E-state index in [9.17, 15) is 9.59 Å². The molecule has 15 heavy (non-hydrogen) atoms. The molecule has 5 heteroatoms. The number of nitrogens with two attached hydrogens (primary N) is 1. The van der Waals surface area contributed by atoms with Gasteiger partial charge in [-0.2, -0.15) is 0 Å². The monoisotopic (exact) mass is 209 g/mol. The first kappa shape index (κ1) is 11.3. The van der Waals surface area contributed by atoms with E-state index >= 15 is 0 Å². The van der Waals surface area contributed by atoms with Crippen LogP contribution in [0.3, 0.4) is 0 Å². The predicted octanol–water partition coefficient (Wildman–Crippen LogP) is -0.215. The van der Waals surface area contributed by atoms with Crippen molar-refractivity contribution in [2.45, 2.75) is 13.3 Å². The standard InChI is InChI=1S/C10H15N3O2/c1-4-5-6-7-8(11)9(14)13(3)10(15)12(7)2/h4-5H,6,11H2,1-3H3/b5-4+. The van der Waals surface area contributed by atoms with Gasteiger partial charge in [0.2, 0.25) is 0 Å². The Morgan fingerprint density at radius 3 is 2.40 bits per heavy atom. The minimum atomic E-state index is -0.433. The first-order valence-corrected chi connectivity index (χ1v) is 4.66. The van der Waals surface area contributed by atoms with Gasteiger partial charge in [-0.25, -0.2) is 4.79 Å². The van der Waals surface area contributed by atoms with Crippen molar-refractivity contribution in [2.24, 2.45) is 14.1 Å². The summed E-state index contributed by atoms with van der Waals surface area (Å²) in [5.41, 5.74) is 5.57. The maximum Gasteiger partial charge on any atom is 0.330 e. The molecule has 1 aromatic rings. The Labute approximate surface area is 87.5 Å². The molecule has 1 heterocycles. The number of anilines is 1. The van der Waals surface area contributed by atoms with Gasteiger partial charge in [-0.15, -0.1) is 0 Å². The van der Waals surface area contributed by atoms with E-state index in [1.54, 1.807) is 7.05 Å². The zero-order valence-corrected chi connectivity index (χ0v) is 9.15. The fourth-order valence-electron chi connectivity index (χ4n) is 1.39. The van der Waals surface area contributed by atoms with Gasteiger partial charge in [0, 0.05) is 20.5 Å². The van der Waals surface area contributed by atoms with Crippen molar-refractivity contribution in [3.63, 3.8) is 0 Å². The van der Waals surface area contributed by atoms with Crippen LogP contribution in [0, 0.1) is 0 Å². The van der Waals surface area contributed by atoms with Crippen LogP contribution in [-0.2, 0) is 20.5 Å². The molecule has 0 aromatic carbocycles. The fourth-order valence-corrected chi connectivity index (χ4v) is 1.39. The summed E-state index contributed by atoms with van der Waals surface area (Å²) < 4.78 is 2.41. The Morgan fingerprint density at radius 1 is 1.27 bits per heavy atom. The molecule has 1 rings (SSSR count). The van der Waals surface area contributed by atoms with Crippen molar-refractivity contribution in [3.8, 4) is 0 Å². The van der Waals surface area contributed by atoms with Gasteiger partial charge in [0.1, 0.15) is 5.69 Å². The minimum Gasteiger partial charge on any atom is -0.393 e. The zero-order valence-electron chi connectivity index (χ0n) is 9.15. The number of hydrogen-bond acceptors (Lipinski definition) is 3. The van der Waals surface area contributed by atoms with Crippen LogP contribution in [0.4, 0.5) is 5.69 Å². The summed E-state index contributed by atoms with van der Waals surface area (Å²) in [6.07, 6.45) is 4.19. The molecule has 0 aliphatic heterocycles. The van der Waals surface area contributed by atoms with Crippen LogP contribution in [0.2, 0.25) is 0 Å². The van der Waals surface area contributed by atoms with Crippen molar-refractivity contribution >= 4 is 5.69 Å². The van der Waals surface area contributed by atoms with Crippen LogP contribution >= 0.6 is 0 Å². The second-order valence-corrected chi connectivity index (χ2v) is 3.34. The van der Waals surface area contributed by atoms with E-state index in [2.05, 4.69) is 0 Å². The van der Waals surface area contributed by atoms with Gasteiger partial charge < -0.3 is 5.73 Å². The summed E-state index contributed by atoms with van der Waals surface area (Å²) in [5, 5.41) is 0. The highest BCUT2D eigenvalue weighted by atomic mass is 16.2. The molecule has 0 aliphatic rings. The Morgan fingerprint density at radius 2 is 1.87 bits per heavy atom. The normalized spacial score (nSPS) is 11.1. The van der Waals surface area contributed by atoms with Gasteiger partial charge >= 0.3 is 5.69 Å². The molecule has 0 radical (unpaired) electrons. The quantitative estimate of drug-likeness (QED) is 0.685. The molecular weight excluding hydrogens is 194 g/mol. The van der Waals surface area contributed by atoms with Gasteiger partial charge in [-0.1, -0.05) is 12.2 Å². The van der Waals surface area contributed by atoms with Gasteiger partial charge in [0.25, 0.3) is 5.56 Å². The molecule has 5 nitrogen and oxygen atoms in total. The molecular formula is C10H15N3O2. The fraction of sp³-hybridized carbons (Fsp3) is 0.400. The number of aromatic nitrogens is 2. The Kier molecular flexibility index (Phi) is 3.14. The molecule has 1 aromatic heterocycles. The smallest absolute Gasteiger partial charge is 0.330 e. The van der Waals surface area contributed by atoms with E-state index in [0.29, 0.717) is 12.1 Å². The van der Waals surface area contributed by atoms with Crippen molar-refractivity contribution in [1.82, 2.24) is 9.13 Å². The average Bonchev–Trinajstić information content (AvgIpc) is 2.24. The highest BCUT2D eigenvalue weighted by Crippen LogP contribution is 2.03. The molecule has 0 saturated carbocycles. The highest BCUT2D eigenvalue weighted by molar-refractivity contribution is 5.41. The Hall–Kier alpha value is -1.78. The van der Waals surface area contributed by atoms with Crippen LogP contribution < -0.4 is 17.0 Å². The molecule has 0 fully saturated rings. The third kappa shape index (κ3) is 1.86. The molecule has 2 N–H and O–H groups in total. The van der Waals surface area contributed by atoms with Crippen LogP contribution in [0.5, 0.6) is 0 Å². The minimum absolute atomic E-state index is 0.137. The third-order valence-corrected chi connectivity index (χ3v) is 2.37. The summed E-state index contributed by atoms with van der Waals surface area (Å²) in [6, 6.07) is 0. The number of nitrogen functional groups attached to an aromatic ring is 1. The number of hydrogen-bond donors (Lipinski definition) is 1. The topological polar surface area (TPSA) is 70.0 Å². The predicted molar refractivity (Wildman–Crippen MR) is 59.9 cm³/mol. The lowest BCUT2D eigenvalue weighted by atomic mass is 10.2. The van der Waals surface area contributed by atoms with E-state index in [1.165, 1.54) is 11.6 Å². The Bertz CT molecular complexity index is 471. The summed E-state index contributed by atoms with van der Waals surface area (Å²) in [7, 11) is 3.03. The van der Waals surface area contributed by atoms with E-state index < -0.39 is 5.56 Å². The van der Waals surface area contributed by atoms with Crippen molar-refractivity contribution in [2.75, 3.05) is 5.73 Å². The van der Waals surface area contributed by atoms with E-state index in [1.807, 2.05) is 19.1 Å². The van der Waals surface area contributed by atoms with Gasteiger partial charge in [0.05, 0.1) is 5.69 Å². The summed E-state index contributed by atoms with van der Waals surface area (Å²) in [6.45, 7) is 1.87. The number of rotatable bonds is 2. The van der Waals surface area contributed by atoms with Gasteiger partial charge in [0.15, 0.2) is 0 Å². The Balaban J connectivity index is 3.53. The second kappa shape index (κ2) is 4.16. The van der Waals surface area contributed by atoms with Crippen molar-refractivity contribution in [1.29, 1.82) is 0 Å².